The van der Waals surface area contributed by atoms with Gasteiger partial charge in [-0.1, -0.05) is 11.6 Å². The molecular formula is C14H12BrClF3N3O2S. The molecule has 0 aliphatic rings. The van der Waals surface area contributed by atoms with Crippen molar-refractivity contribution >= 4 is 45.3 Å². The molecule has 0 aliphatic carbocycles. The number of carboxylic acids is 1. The lowest BCUT2D eigenvalue weighted by atomic mass is 10.3. The Labute approximate surface area is 158 Å². The Morgan fingerprint density at radius 1 is 1.48 bits per heavy atom. The number of pyridine rings is 1. The van der Waals surface area contributed by atoms with Crippen molar-refractivity contribution in [3.8, 4) is 0 Å². The summed E-state index contributed by atoms with van der Waals surface area (Å²) < 4.78 is 40.4. The summed E-state index contributed by atoms with van der Waals surface area (Å²) in [6.07, 6.45) is -3.43. The van der Waals surface area contributed by atoms with Crippen LogP contribution in [0.2, 0.25) is 5.02 Å². The molecule has 2 aromatic heterocycles. The van der Waals surface area contributed by atoms with Crippen LogP contribution in [0.1, 0.15) is 24.1 Å². The van der Waals surface area contributed by atoms with Crippen molar-refractivity contribution in [2.45, 2.75) is 42.7 Å². The maximum absolute atomic E-state index is 12.7. The van der Waals surface area contributed by atoms with Gasteiger partial charge in [-0.2, -0.15) is 13.2 Å². The Morgan fingerprint density at radius 3 is 2.72 bits per heavy atom. The van der Waals surface area contributed by atoms with Gasteiger partial charge in [-0.25, -0.2) is 9.97 Å². The molecule has 2 aromatic rings. The van der Waals surface area contributed by atoms with Gasteiger partial charge in [0.25, 0.3) is 0 Å². The number of aliphatic carboxylic acids is 1. The first kappa shape index (κ1) is 20.1. The quantitative estimate of drug-likeness (QED) is 0.657. The average molecular weight is 459 g/mol. The van der Waals surface area contributed by atoms with Crippen LogP contribution in [0.4, 0.5) is 13.2 Å². The van der Waals surface area contributed by atoms with Crippen molar-refractivity contribution < 1.29 is 23.1 Å². The summed E-state index contributed by atoms with van der Waals surface area (Å²) in [5.74, 6) is -0.908. The summed E-state index contributed by atoms with van der Waals surface area (Å²) in [5.41, 5.74) is -0.259. The van der Waals surface area contributed by atoms with Gasteiger partial charge in [0.05, 0.1) is 16.3 Å². The van der Waals surface area contributed by atoms with E-state index < -0.39 is 17.7 Å². The van der Waals surface area contributed by atoms with E-state index in [0.29, 0.717) is 34.6 Å². The number of alkyl halides is 3. The van der Waals surface area contributed by atoms with Crippen LogP contribution < -0.4 is 0 Å². The molecule has 1 N–H and O–H groups in total. The highest BCUT2D eigenvalue weighted by molar-refractivity contribution is 9.10. The van der Waals surface area contributed by atoms with Crippen molar-refractivity contribution in [3.63, 3.8) is 0 Å². The highest BCUT2D eigenvalue weighted by atomic mass is 79.9. The molecule has 0 unspecified atom stereocenters. The summed E-state index contributed by atoms with van der Waals surface area (Å²) in [6.45, 7) is 2.14. The maximum Gasteiger partial charge on any atom is 0.417 e. The van der Waals surface area contributed by atoms with Crippen molar-refractivity contribution in [2.24, 2.45) is 0 Å². The van der Waals surface area contributed by atoms with Crippen LogP contribution in [0.25, 0.3) is 0 Å². The molecule has 0 aliphatic heterocycles. The third-order valence-electron chi connectivity index (χ3n) is 3.12. The van der Waals surface area contributed by atoms with Crippen LogP contribution in [0.3, 0.4) is 0 Å². The molecule has 0 atom stereocenters. The topological polar surface area (TPSA) is 68.0 Å². The average Bonchev–Trinajstić information content (AvgIpc) is 2.75. The number of hydrogen-bond donors (Lipinski definition) is 1. The Balaban J connectivity index is 2.25. The van der Waals surface area contributed by atoms with Gasteiger partial charge in [-0.15, -0.1) is 0 Å². The molecule has 5 nitrogen and oxygen atoms in total. The molecular weight excluding hydrogens is 447 g/mol. The van der Waals surface area contributed by atoms with Crippen LogP contribution in [0.15, 0.2) is 27.0 Å². The first-order valence-electron chi connectivity index (χ1n) is 6.94. The standard InChI is InChI=1S/C14H12BrClF3N3O2S/c1-7-11(15)22(4-2-3-10(23)24)13(21-7)25-12-9(16)5-8(6-20-12)14(17,18)19/h5-6H,2-4H2,1H3,(H,23,24). The normalized spacial score (nSPS) is 11.8. The van der Waals surface area contributed by atoms with Crippen LogP contribution >= 0.6 is 39.3 Å². The second-order valence-electron chi connectivity index (χ2n) is 5.03. The summed E-state index contributed by atoms with van der Waals surface area (Å²) in [4.78, 5) is 18.8. The molecule has 2 rings (SSSR count). The Hall–Kier alpha value is -1.26. The Bertz CT molecular complexity index is 798. The largest absolute Gasteiger partial charge is 0.481 e. The van der Waals surface area contributed by atoms with Gasteiger partial charge in [0.2, 0.25) is 0 Å². The second kappa shape index (κ2) is 7.96. The second-order valence-corrected chi connectivity index (χ2v) is 7.14. The number of carbonyl (C=O) groups is 1. The lowest BCUT2D eigenvalue weighted by Crippen LogP contribution is -2.06. The van der Waals surface area contributed by atoms with Crippen LogP contribution in [0, 0.1) is 6.92 Å². The number of halogens is 5. The molecule has 11 heteroatoms. The van der Waals surface area contributed by atoms with Gasteiger partial charge >= 0.3 is 12.1 Å². The third kappa shape index (κ3) is 5.11. The zero-order chi connectivity index (χ0) is 18.8. The van der Waals surface area contributed by atoms with Gasteiger partial charge in [0, 0.05) is 19.2 Å². The van der Waals surface area contributed by atoms with Crippen LogP contribution in [0.5, 0.6) is 0 Å². The van der Waals surface area contributed by atoms with E-state index in [1.807, 2.05) is 0 Å². The summed E-state index contributed by atoms with van der Waals surface area (Å²) in [5, 5.41) is 9.26. The molecule has 2 heterocycles. The summed E-state index contributed by atoms with van der Waals surface area (Å²) in [7, 11) is 0. The van der Waals surface area contributed by atoms with E-state index in [4.69, 9.17) is 16.7 Å². The number of aromatic nitrogens is 3. The number of carboxylic acid groups (broad SMARTS) is 1. The van der Waals surface area contributed by atoms with Crippen molar-refractivity contribution in [2.75, 3.05) is 0 Å². The lowest BCUT2D eigenvalue weighted by Gasteiger charge is -2.10. The van der Waals surface area contributed by atoms with E-state index in [0.717, 1.165) is 17.8 Å². The fourth-order valence-corrected chi connectivity index (χ4v) is 3.67. The molecule has 0 fully saturated rings. The van der Waals surface area contributed by atoms with Gasteiger partial charge in [0.15, 0.2) is 5.16 Å². The van der Waals surface area contributed by atoms with E-state index >= 15 is 0 Å². The van der Waals surface area contributed by atoms with Gasteiger partial charge in [0.1, 0.15) is 9.63 Å². The fraction of sp³-hybridized carbons (Fsp3) is 0.357. The van der Waals surface area contributed by atoms with Crippen LogP contribution in [-0.2, 0) is 17.5 Å². The molecule has 25 heavy (non-hydrogen) atoms. The minimum Gasteiger partial charge on any atom is -0.481 e. The number of rotatable bonds is 6. The summed E-state index contributed by atoms with van der Waals surface area (Å²) in [6, 6.07) is 0.816. The minimum atomic E-state index is -4.52. The smallest absolute Gasteiger partial charge is 0.417 e. The zero-order valence-corrected chi connectivity index (χ0v) is 15.9. The monoisotopic (exact) mass is 457 g/mol. The molecule has 0 spiro atoms. The van der Waals surface area contributed by atoms with E-state index in [1.54, 1.807) is 11.5 Å². The molecule has 136 valence electrons. The van der Waals surface area contributed by atoms with Gasteiger partial charge < -0.3 is 9.67 Å². The SMILES string of the molecule is Cc1nc(Sc2ncc(C(F)(F)F)cc2Cl)n(CCCC(=O)O)c1Br. The van der Waals surface area contributed by atoms with Crippen molar-refractivity contribution in [1.82, 2.24) is 14.5 Å². The predicted octanol–water partition coefficient (Wildman–Crippen LogP) is 5.04. The van der Waals surface area contributed by atoms with Crippen molar-refractivity contribution in [3.05, 3.63) is 33.1 Å². The number of nitrogens with zero attached hydrogens (tertiary/aromatic N) is 3. The predicted molar refractivity (Wildman–Crippen MR) is 89.9 cm³/mol. The first-order valence-corrected chi connectivity index (χ1v) is 8.93. The highest BCUT2D eigenvalue weighted by Gasteiger charge is 2.31. The third-order valence-corrected chi connectivity index (χ3v) is 5.54. The minimum absolute atomic E-state index is 0.00688. The van der Waals surface area contributed by atoms with E-state index in [9.17, 15) is 18.0 Å². The first-order chi connectivity index (χ1) is 11.6. The highest BCUT2D eigenvalue weighted by Crippen LogP contribution is 2.37. The molecule has 0 bridgehead atoms. The Kier molecular flexibility index (Phi) is 6.39. The van der Waals surface area contributed by atoms with Gasteiger partial charge in [-0.05, 0) is 47.1 Å². The van der Waals surface area contributed by atoms with E-state index in [1.165, 1.54) is 0 Å². The zero-order valence-electron chi connectivity index (χ0n) is 12.8. The maximum atomic E-state index is 12.7. The van der Waals surface area contributed by atoms with Crippen molar-refractivity contribution in [1.29, 1.82) is 0 Å². The number of imidazole rings is 1. The van der Waals surface area contributed by atoms with Crippen LogP contribution in [-0.4, -0.2) is 25.6 Å². The van der Waals surface area contributed by atoms with E-state index in [-0.39, 0.29) is 16.5 Å². The van der Waals surface area contributed by atoms with E-state index in [2.05, 4.69) is 25.9 Å². The lowest BCUT2D eigenvalue weighted by molar-refractivity contribution is -0.138. The molecule has 0 radical (unpaired) electrons. The molecule has 0 saturated heterocycles. The summed E-state index contributed by atoms with van der Waals surface area (Å²) >= 11 is 10.3. The number of aryl methyl sites for hydroxylation is 1. The number of hydrogen-bond acceptors (Lipinski definition) is 4. The molecule has 0 amide bonds. The molecule has 0 aromatic carbocycles. The van der Waals surface area contributed by atoms with Gasteiger partial charge in [-0.3, -0.25) is 4.79 Å². The Morgan fingerprint density at radius 2 is 2.16 bits per heavy atom. The fourth-order valence-electron chi connectivity index (χ4n) is 1.93. The molecule has 0 saturated carbocycles.